The van der Waals surface area contributed by atoms with E-state index >= 15 is 0 Å². The lowest BCUT2D eigenvalue weighted by Gasteiger charge is -2.27. The zero-order valence-corrected chi connectivity index (χ0v) is 14.6. The van der Waals surface area contributed by atoms with E-state index in [1.807, 2.05) is 81.4 Å². The predicted molar refractivity (Wildman–Crippen MR) is 97.4 cm³/mol. The molecule has 0 saturated heterocycles. The van der Waals surface area contributed by atoms with E-state index in [2.05, 4.69) is 10.6 Å². The Bertz CT molecular complexity index is 664. The number of carbonyl (C=O) groups excluding carboxylic acids is 1. The Morgan fingerprint density at radius 2 is 1.57 bits per heavy atom. The van der Waals surface area contributed by atoms with Crippen molar-refractivity contribution in [3.8, 4) is 0 Å². The van der Waals surface area contributed by atoms with Crippen LogP contribution in [0, 0.1) is 0 Å². The summed E-state index contributed by atoms with van der Waals surface area (Å²) in [5.41, 5.74) is 2.32. The summed E-state index contributed by atoms with van der Waals surface area (Å²) >= 11 is 5.91. The summed E-state index contributed by atoms with van der Waals surface area (Å²) in [5.74, 6) is 0. The molecule has 0 aliphatic heterocycles. The highest BCUT2D eigenvalue weighted by Gasteiger charge is 2.22. The Kier molecular flexibility index (Phi) is 5.16. The average Bonchev–Trinajstić information content (AvgIpc) is 2.47. The molecule has 0 spiro atoms. The summed E-state index contributed by atoms with van der Waals surface area (Å²) in [6, 6.07) is 14.9. The Balaban J connectivity index is 2.02. The summed E-state index contributed by atoms with van der Waals surface area (Å²) in [5, 5.41) is 6.50. The van der Waals surface area contributed by atoms with Crippen molar-refractivity contribution in [1.82, 2.24) is 5.32 Å². The topological polar surface area (TPSA) is 44.4 Å². The van der Waals surface area contributed by atoms with E-state index in [1.165, 1.54) is 0 Å². The molecule has 23 heavy (non-hydrogen) atoms. The lowest BCUT2D eigenvalue weighted by atomic mass is 9.94. The van der Waals surface area contributed by atoms with Crippen molar-refractivity contribution >= 4 is 29.0 Å². The van der Waals surface area contributed by atoms with Gasteiger partial charge >= 0.3 is 6.03 Å². The molecule has 0 atom stereocenters. The fourth-order valence-corrected chi connectivity index (χ4v) is 2.35. The first-order valence-electron chi connectivity index (χ1n) is 7.40. The molecule has 2 aromatic rings. The number of hydrogen-bond acceptors (Lipinski definition) is 2. The largest absolute Gasteiger partial charge is 0.378 e. The first-order valence-corrected chi connectivity index (χ1v) is 7.78. The maximum absolute atomic E-state index is 12.2. The highest BCUT2D eigenvalue weighted by molar-refractivity contribution is 6.30. The molecule has 0 aliphatic carbocycles. The van der Waals surface area contributed by atoms with Crippen molar-refractivity contribution in [3.63, 3.8) is 0 Å². The molecule has 0 heterocycles. The van der Waals surface area contributed by atoms with Crippen molar-refractivity contribution < 1.29 is 4.79 Å². The summed E-state index contributed by atoms with van der Waals surface area (Å²) in [7, 11) is 3.95. The number of nitrogens with zero attached hydrogens (tertiary/aromatic N) is 1. The van der Waals surface area contributed by atoms with E-state index < -0.39 is 5.54 Å². The molecule has 2 amide bonds. The normalized spacial score (nSPS) is 11.0. The highest BCUT2D eigenvalue weighted by Crippen LogP contribution is 2.22. The van der Waals surface area contributed by atoms with Gasteiger partial charge in [0.2, 0.25) is 0 Å². The van der Waals surface area contributed by atoms with Gasteiger partial charge in [0.1, 0.15) is 0 Å². The van der Waals surface area contributed by atoms with Crippen LogP contribution in [0.2, 0.25) is 5.02 Å². The third-order valence-electron chi connectivity index (χ3n) is 3.63. The number of nitrogens with one attached hydrogen (secondary N) is 2. The number of hydrogen-bond donors (Lipinski definition) is 2. The highest BCUT2D eigenvalue weighted by atomic mass is 35.5. The number of halogens is 1. The quantitative estimate of drug-likeness (QED) is 0.868. The summed E-state index contributed by atoms with van der Waals surface area (Å²) in [6.45, 7) is 3.90. The van der Waals surface area contributed by atoms with Gasteiger partial charge in [-0.1, -0.05) is 23.7 Å². The second-order valence-electron chi connectivity index (χ2n) is 6.15. The maximum Gasteiger partial charge on any atom is 0.319 e. The van der Waals surface area contributed by atoms with E-state index in [0.29, 0.717) is 5.02 Å². The molecule has 4 nitrogen and oxygen atoms in total. The van der Waals surface area contributed by atoms with Crippen molar-refractivity contribution in [3.05, 3.63) is 59.1 Å². The molecule has 0 fully saturated rings. The molecular formula is C18H22ClN3O. The van der Waals surface area contributed by atoms with Gasteiger partial charge in [0.15, 0.2) is 0 Å². The zero-order chi connectivity index (χ0) is 17.0. The van der Waals surface area contributed by atoms with Crippen LogP contribution in [0.3, 0.4) is 0 Å². The molecule has 0 unspecified atom stereocenters. The summed E-state index contributed by atoms with van der Waals surface area (Å²) < 4.78 is 0. The van der Waals surface area contributed by atoms with Gasteiger partial charge in [-0.3, -0.25) is 0 Å². The van der Waals surface area contributed by atoms with Crippen LogP contribution in [0.4, 0.5) is 16.2 Å². The number of rotatable bonds is 4. The summed E-state index contributed by atoms with van der Waals surface area (Å²) in [4.78, 5) is 14.2. The van der Waals surface area contributed by atoms with Gasteiger partial charge in [0.25, 0.3) is 0 Å². The van der Waals surface area contributed by atoms with Crippen LogP contribution >= 0.6 is 11.6 Å². The molecule has 0 radical (unpaired) electrons. The van der Waals surface area contributed by atoms with Crippen LogP contribution in [-0.2, 0) is 5.54 Å². The van der Waals surface area contributed by atoms with E-state index in [1.54, 1.807) is 0 Å². The van der Waals surface area contributed by atoms with E-state index in [4.69, 9.17) is 11.6 Å². The molecular weight excluding hydrogens is 310 g/mol. The molecule has 0 bridgehead atoms. The first-order chi connectivity index (χ1) is 10.8. The van der Waals surface area contributed by atoms with E-state index in [0.717, 1.165) is 16.9 Å². The van der Waals surface area contributed by atoms with Crippen molar-refractivity contribution in [2.75, 3.05) is 24.3 Å². The number of carbonyl (C=O) groups is 1. The van der Waals surface area contributed by atoms with Crippen molar-refractivity contribution in [1.29, 1.82) is 0 Å². The van der Waals surface area contributed by atoms with Crippen LogP contribution in [0.5, 0.6) is 0 Å². The van der Waals surface area contributed by atoms with Gasteiger partial charge in [-0.15, -0.1) is 0 Å². The summed E-state index contributed by atoms with van der Waals surface area (Å²) in [6.07, 6.45) is 0. The van der Waals surface area contributed by atoms with Crippen LogP contribution < -0.4 is 15.5 Å². The third-order valence-corrected chi connectivity index (χ3v) is 3.89. The van der Waals surface area contributed by atoms with Crippen LogP contribution in [-0.4, -0.2) is 20.1 Å². The molecule has 0 aromatic heterocycles. The van der Waals surface area contributed by atoms with Crippen LogP contribution in [0.1, 0.15) is 19.4 Å². The van der Waals surface area contributed by atoms with E-state index in [9.17, 15) is 4.79 Å². The number of amides is 2. The zero-order valence-electron chi connectivity index (χ0n) is 13.9. The molecule has 5 heteroatoms. The Hall–Kier alpha value is -2.20. The van der Waals surface area contributed by atoms with Gasteiger partial charge < -0.3 is 15.5 Å². The molecule has 2 N–H and O–H groups in total. The Morgan fingerprint density at radius 1 is 1.00 bits per heavy atom. The standard InChI is InChI=1S/C18H22ClN3O/c1-18(2,13-5-7-14(19)8-6-13)21-17(23)20-15-9-11-16(12-10-15)22(3)4/h5-12H,1-4H3,(H2,20,21,23). The van der Waals surface area contributed by atoms with E-state index in [-0.39, 0.29) is 6.03 Å². The van der Waals surface area contributed by atoms with Crippen LogP contribution in [0.25, 0.3) is 0 Å². The minimum Gasteiger partial charge on any atom is -0.378 e. The SMILES string of the molecule is CN(C)c1ccc(NC(=O)NC(C)(C)c2ccc(Cl)cc2)cc1. The van der Waals surface area contributed by atoms with Crippen LogP contribution in [0.15, 0.2) is 48.5 Å². The number of urea groups is 1. The van der Waals surface area contributed by atoms with Gasteiger partial charge in [-0.25, -0.2) is 4.79 Å². The van der Waals surface area contributed by atoms with Gasteiger partial charge in [-0.2, -0.15) is 0 Å². The Morgan fingerprint density at radius 3 is 2.09 bits per heavy atom. The number of benzene rings is 2. The fraction of sp³-hybridized carbons (Fsp3) is 0.278. The minimum atomic E-state index is -0.502. The molecule has 2 rings (SSSR count). The monoisotopic (exact) mass is 331 g/mol. The van der Waals surface area contributed by atoms with Crippen molar-refractivity contribution in [2.45, 2.75) is 19.4 Å². The number of anilines is 2. The van der Waals surface area contributed by atoms with Gasteiger partial charge in [0, 0.05) is 30.5 Å². The lowest BCUT2D eigenvalue weighted by molar-refractivity contribution is 0.242. The second-order valence-corrected chi connectivity index (χ2v) is 6.59. The van der Waals surface area contributed by atoms with Gasteiger partial charge in [0.05, 0.1) is 5.54 Å². The van der Waals surface area contributed by atoms with Crippen molar-refractivity contribution in [2.24, 2.45) is 0 Å². The smallest absolute Gasteiger partial charge is 0.319 e. The average molecular weight is 332 g/mol. The fourth-order valence-electron chi connectivity index (χ4n) is 2.23. The molecule has 0 aliphatic rings. The maximum atomic E-state index is 12.2. The predicted octanol–water partition coefficient (Wildman–Crippen LogP) is 4.46. The molecule has 0 saturated carbocycles. The third kappa shape index (κ3) is 4.63. The molecule has 2 aromatic carbocycles. The Labute approximate surface area is 142 Å². The minimum absolute atomic E-state index is 0.248. The second kappa shape index (κ2) is 6.92. The van der Waals surface area contributed by atoms with Gasteiger partial charge in [-0.05, 0) is 55.8 Å². The lowest BCUT2D eigenvalue weighted by Crippen LogP contribution is -2.43. The molecule has 122 valence electrons. The first kappa shape index (κ1) is 17.2.